The van der Waals surface area contributed by atoms with Gasteiger partial charge >= 0.3 is 5.97 Å². The molecule has 0 atom stereocenters. The smallest absolute Gasteiger partial charge is 0.338 e. The zero-order chi connectivity index (χ0) is 17.6. The van der Waals surface area contributed by atoms with Crippen molar-refractivity contribution in [1.29, 1.82) is 0 Å². The molecule has 4 aliphatic carbocycles. The highest BCUT2D eigenvalue weighted by Crippen LogP contribution is 2.61. The average molecular weight is 345 g/mol. The molecule has 0 heterocycles. The van der Waals surface area contributed by atoms with Crippen LogP contribution in [0.4, 0.5) is 0 Å². The molecule has 0 amide bonds. The normalized spacial score (nSPS) is 31.8. The number of benzene rings is 2. The van der Waals surface area contributed by atoms with E-state index in [2.05, 4.69) is 12.1 Å². The van der Waals surface area contributed by atoms with Crippen LogP contribution in [0.25, 0.3) is 0 Å². The molecule has 0 unspecified atom stereocenters. The van der Waals surface area contributed by atoms with Gasteiger partial charge in [0.1, 0.15) is 6.61 Å². The first kappa shape index (κ1) is 16.1. The Labute approximate surface area is 155 Å². The van der Waals surface area contributed by atoms with Gasteiger partial charge in [-0.15, -0.1) is 0 Å². The van der Waals surface area contributed by atoms with Crippen LogP contribution in [-0.2, 0) is 16.8 Å². The minimum absolute atomic E-state index is 0.198. The molecule has 0 N–H and O–H groups in total. The lowest BCUT2D eigenvalue weighted by atomic mass is 9.47. The minimum Gasteiger partial charge on any atom is -0.457 e. The van der Waals surface area contributed by atoms with Crippen LogP contribution < -0.4 is 0 Å². The van der Waals surface area contributed by atoms with Crippen LogP contribution in [-0.4, -0.2) is 5.97 Å². The molecular formula is C24H25O2. The Morgan fingerprint density at radius 1 is 1.00 bits per heavy atom. The van der Waals surface area contributed by atoms with Crippen LogP contribution in [0.15, 0.2) is 48.5 Å². The molecule has 2 aromatic rings. The van der Waals surface area contributed by atoms with Crippen LogP contribution in [0.1, 0.15) is 60.0 Å². The van der Waals surface area contributed by atoms with E-state index < -0.39 is 0 Å². The number of hydrogen-bond donors (Lipinski definition) is 0. The molecule has 0 aromatic heterocycles. The standard InChI is InChI=1S/C24H25O2/c25-23(26-16-17-6-2-1-3-7-17)21-8-4-5-9-22(21)24-13-18-10-19(14-24)12-20(11-18)15-24/h1-3,5-9,18-20H,10-16H2. The summed E-state index contributed by atoms with van der Waals surface area (Å²) >= 11 is 0. The zero-order valence-corrected chi connectivity index (χ0v) is 15.1. The second kappa shape index (κ2) is 6.26. The Bertz CT molecular complexity index is 773. The van der Waals surface area contributed by atoms with E-state index >= 15 is 0 Å². The molecule has 2 nitrogen and oxygen atoms in total. The SMILES string of the molecule is O=C(OCc1ccccc1)c1c[c]ccc1C12CC3CC(CC(C3)C1)C2. The van der Waals surface area contributed by atoms with Crippen molar-refractivity contribution < 1.29 is 9.53 Å². The molecule has 0 saturated heterocycles. The van der Waals surface area contributed by atoms with Crippen molar-refractivity contribution in [3.05, 3.63) is 71.3 Å². The summed E-state index contributed by atoms with van der Waals surface area (Å²) in [5.74, 6) is 2.38. The van der Waals surface area contributed by atoms with Gasteiger partial charge in [0.15, 0.2) is 0 Å². The molecule has 26 heavy (non-hydrogen) atoms. The zero-order valence-electron chi connectivity index (χ0n) is 15.1. The number of carbonyl (C=O) groups is 1. The molecule has 6 rings (SSSR count). The van der Waals surface area contributed by atoms with Gasteiger partial charge in [-0.2, -0.15) is 0 Å². The summed E-state index contributed by atoms with van der Waals surface area (Å²) in [6.45, 7) is 0.328. The number of ether oxygens (including phenoxy) is 1. The molecule has 0 spiro atoms. The van der Waals surface area contributed by atoms with Gasteiger partial charge in [0, 0.05) is 0 Å². The van der Waals surface area contributed by atoms with Gasteiger partial charge in [0.2, 0.25) is 0 Å². The van der Waals surface area contributed by atoms with Crippen molar-refractivity contribution in [3.63, 3.8) is 0 Å². The molecule has 4 aliphatic rings. The minimum atomic E-state index is -0.198. The summed E-state index contributed by atoms with van der Waals surface area (Å²) in [7, 11) is 0. The van der Waals surface area contributed by atoms with E-state index in [1.165, 1.54) is 44.1 Å². The lowest BCUT2D eigenvalue weighted by Crippen LogP contribution is -2.49. The third kappa shape index (κ3) is 2.76. The van der Waals surface area contributed by atoms with Crippen molar-refractivity contribution in [2.24, 2.45) is 17.8 Å². The number of hydrogen-bond acceptors (Lipinski definition) is 2. The molecule has 4 fully saturated rings. The maximum absolute atomic E-state index is 12.9. The van der Waals surface area contributed by atoms with Gasteiger partial charge in [0.25, 0.3) is 0 Å². The van der Waals surface area contributed by atoms with Crippen molar-refractivity contribution in [1.82, 2.24) is 0 Å². The van der Waals surface area contributed by atoms with Crippen LogP contribution in [0, 0.1) is 23.8 Å². The summed E-state index contributed by atoms with van der Waals surface area (Å²) in [4.78, 5) is 12.9. The largest absolute Gasteiger partial charge is 0.457 e. The highest BCUT2D eigenvalue weighted by Gasteiger charge is 2.52. The highest BCUT2D eigenvalue weighted by molar-refractivity contribution is 5.91. The Morgan fingerprint density at radius 3 is 2.31 bits per heavy atom. The maximum atomic E-state index is 12.9. The maximum Gasteiger partial charge on any atom is 0.338 e. The van der Waals surface area contributed by atoms with Crippen molar-refractivity contribution in [2.45, 2.75) is 50.5 Å². The molecule has 0 aliphatic heterocycles. The third-order valence-electron chi connectivity index (χ3n) is 6.91. The van der Waals surface area contributed by atoms with Crippen molar-refractivity contribution in [3.8, 4) is 0 Å². The quantitative estimate of drug-likeness (QED) is 0.702. The van der Waals surface area contributed by atoms with Gasteiger partial charge in [-0.3, -0.25) is 0 Å². The predicted octanol–water partition coefficient (Wildman–Crippen LogP) is 5.31. The second-order valence-electron chi connectivity index (χ2n) is 8.73. The summed E-state index contributed by atoms with van der Waals surface area (Å²) < 4.78 is 5.66. The Morgan fingerprint density at radius 2 is 1.65 bits per heavy atom. The van der Waals surface area contributed by atoms with Gasteiger partial charge < -0.3 is 4.74 Å². The van der Waals surface area contributed by atoms with Crippen molar-refractivity contribution >= 4 is 5.97 Å². The molecular weight excluding hydrogens is 320 g/mol. The molecule has 4 saturated carbocycles. The van der Waals surface area contributed by atoms with Gasteiger partial charge in [-0.25, -0.2) is 4.79 Å². The lowest BCUT2D eigenvalue weighted by molar-refractivity contribution is -0.00614. The summed E-state index contributed by atoms with van der Waals surface area (Å²) in [5.41, 5.74) is 3.20. The third-order valence-corrected chi connectivity index (χ3v) is 6.91. The monoisotopic (exact) mass is 345 g/mol. The first-order valence-corrected chi connectivity index (χ1v) is 9.93. The first-order chi connectivity index (χ1) is 12.7. The van der Waals surface area contributed by atoms with Gasteiger partial charge in [0.05, 0.1) is 5.56 Å². The van der Waals surface area contributed by atoms with Crippen LogP contribution in [0.3, 0.4) is 0 Å². The van der Waals surface area contributed by atoms with E-state index in [0.29, 0.717) is 6.61 Å². The Hall–Kier alpha value is -2.09. The molecule has 1 radical (unpaired) electrons. The van der Waals surface area contributed by atoms with Crippen LogP contribution >= 0.6 is 0 Å². The second-order valence-corrected chi connectivity index (χ2v) is 8.73. The summed E-state index contributed by atoms with van der Waals surface area (Å²) in [6, 6.07) is 19.0. The Kier molecular flexibility index (Phi) is 3.88. The summed E-state index contributed by atoms with van der Waals surface area (Å²) in [5, 5.41) is 0. The fourth-order valence-electron chi connectivity index (χ4n) is 6.30. The average Bonchev–Trinajstić information content (AvgIpc) is 2.66. The fraction of sp³-hybridized carbons (Fsp3) is 0.458. The molecule has 2 heteroatoms. The van der Waals surface area contributed by atoms with E-state index in [9.17, 15) is 4.79 Å². The molecule has 2 aromatic carbocycles. The highest BCUT2D eigenvalue weighted by atomic mass is 16.5. The van der Waals surface area contributed by atoms with E-state index in [-0.39, 0.29) is 11.4 Å². The predicted molar refractivity (Wildman–Crippen MR) is 101 cm³/mol. The van der Waals surface area contributed by atoms with Crippen LogP contribution in [0.5, 0.6) is 0 Å². The first-order valence-electron chi connectivity index (χ1n) is 9.93. The van der Waals surface area contributed by atoms with E-state index in [1.54, 1.807) is 0 Å². The number of rotatable bonds is 4. The number of carbonyl (C=O) groups excluding carboxylic acids is 1. The van der Waals surface area contributed by atoms with Crippen molar-refractivity contribution in [2.75, 3.05) is 0 Å². The Balaban J connectivity index is 1.42. The summed E-state index contributed by atoms with van der Waals surface area (Å²) in [6.07, 6.45) is 7.98. The van der Waals surface area contributed by atoms with E-state index in [0.717, 1.165) is 28.9 Å². The lowest BCUT2D eigenvalue weighted by Gasteiger charge is -2.57. The van der Waals surface area contributed by atoms with E-state index in [1.807, 2.05) is 42.5 Å². The molecule has 133 valence electrons. The van der Waals surface area contributed by atoms with Gasteiger partial charge in [-0.1, -0.05) is 42.5 Å². The topological polar surface area (TPSA) is 26.3 Å². The number of esters is 1. The molecule has 4 bridgehead atoms. The van der Waals surface area contributed by atoms with Crippen LogP contribution in [0.2, 0.25) is 0 Å². The van der Waals surface area contributed by atoms with E-state index in [4.69, 9.17) is 4.74 Å². The van der Waals surface area contributed by atoms with Gasteiger partial charge in [-0.05, 0) is 85.0 Å². The fourth-order valence-corrected chi connectivity index (χ4v) is 6.30.